The maximum Gasteiger partial charge on any atom is 0.256 e. The van der Waals surface area contributed by atoms with Gasteiger partial charge in [0.25, 0.3) is 5.91 Å². The van der Waals surface area contributed by atoms with Crippen LogP contribution in [0.2, 0.25) is 0 Å². The molecule has 0 fully saturated rings. The molecular formula is C23H24N2O3. The monoisotopic (exact) mass is 376 g/mol. The van der Waals surface area contributed by atoms with Crippen LogP contribution in [0, 0.1) is 0 Å². The lowest BCUT2D eigenvalue weighted by atomic mass is 10.1. The van der Waals surface area contributed by atoms with Crippen molar-refractivity contribution in [2.24, 2.45) is 0 Å². The van der Waals surface area contributed by atoms with E-state index in [0.29, 0.717) is 23.6 Å². The second-order valence-corrected chi connectivity index (χ2v) is 6.38. The largest absolute Gasteiger partial charge is 0.497 e. The maximum atomic E-state index is 13.1. The summed E-state index contributed by atoms with van der Waals surface area (Å²) in [5, 5.41) is 3.32. The van der Waals surface area contributed by atoms with Gasteiger partial charge in [-0.1, -0.05) is 30.3 Å². The summed E-state index contributed by atoms with van der Waals surface area (Å²) in [6.07, 6.45) is 0. The molecule has 3 rings (SSSR count). The Morgan fingerprint density at radius 3 is 2.36 bits per heavy atom. The highest BCUT2D eigenvalue weighted by atomic mass is 16.5. The van der Waals surface area contributed by atoms with Gasteiger partial charge < -0.3 is 19.7 Å². The lowest BCUT2D eigenvalue weighted by molar-refractivity contribution is 0.0785. The van der Waals surface area contributed by atoms with E-state index < -0.39 is 0 Å². The highest BCUT2D eigenvalue weighted by molar-refractivity contribution is 6.00. The molecule has 0 saturated heterocycles. The maximum absolute atomic E-state index is 13.1. The Labute approximate surface area is 165 Å². The highest BCUT2D eigenvalue weighted by Crippen LogP contribution is 2.27. The average Bonchev–Trinajstić information content (AvgIpc) is 2.74. The van der Waals surface area contributed by atoms with Crippen molar-refractivity contribution in [3.05, 3.63) is 83.9 Å². The molecule has 0 unspecified atom stereocenters. The van der Waals surface area contributed by atoms with E-state index in [1.54, 1.807) is 26.2 Å². The third-order valence-corrected chi connectivity index (χ3v) is 4.46. The van der Waals surface area contributed by atoms with E-state index >= 15 is 0 Å². The Balaban J connectivity index is 1.81. The number of hydrogen-bond donors (Lipinski definition) is 1. The summed E-state index contributed by atoms with van der Waals surface area (Å²) in [5.41, 5.74) is 3.23. The first kappa shape index (κ1) is 19.3. The molecule has 0 radical (unpaired) electrons. The highest BCUT2D eigenvalue weighted by Gasteiger charge is 2.17. The van der Waals surface area contributed by atoms with Crippen molar-refractivity contribution in [3.8, 4) is 11.5 Å². The number of nitrogens with one attached hydrogen (secondary N) is 1. The second kappa shape index (κ2) is 8.95. The second-order valence-electron chi connectivity index (χ2n) is 6.38. The summed E-state index contributed by atoms with van der Waals surface area (Å²) < 4.78 is 10.7. The van der Waals surface area contributed by atoms with Gasteiger partial charge in [0.15, 0.2) is 0 Å². The molecule has 28 heavy (non-hydrogen) atoms. The zero-order chi connectivity index (χ0) is 19.9. The van der Waals surface area contributed by atoms with Crippen molar-refractivity contribution >= 4 is 17.3 Å². The Morgan fingerprint density at radius 1 is 0.929 bits per heavy atom. The summed E-state index contributed by atoms with van der Waals surface area (Å²) in [5.74, 6) is 1.33. The Morgan fingerprint density at radius 2 is 1.64 bits per heavy atom. The van der Waals surface area contributed by atoms with Crippen molar-refractivity contribution in [1.82, 2.24) is 4.90 Å². The van der Waals surface area contributed by atoms with Crippen LogP contribution in [0.4, 0.5) is 11.4 Å². The summed E-state index contributed by atoms with van der Waals surface area (Å²) >= 11 is 0. The first-order valence-corrected chi connectivity index (χ1v) is 9.00. The quantitative estimate of drug-likeness (QED) is 0.648. The number of anilines is 2. The summed E-state index contributed by atoms with van der Waals surface area (Å²) in [6.45, 7) is 0.422. The van der Waals surface area contributed by atoms with E-state index in [2.05, 4.69) is 5.32 Å². The Kier molecular flexibility index (Phi) is 6.17. The van der Waals surface area contributed by atoms with E-state index in [4.69, 9.17) is 9.47 Å². The number of hydrogen-bond acceptors (Lipinski definition) is 4. The lowest BCUT2D eigenvalue weighted by Gasteiger charge is -2.21. The minimum absolute atomic E-state index is 0.0723. The van der Waals surface area contributed by atoms with Crippen molar-refractivity contribution in [2.45, 2.75) is 6.54 Å². The molecule has 1 amide bonds. The topological polar surface area (TPSA) is 50.8 Å². The number of carbonyl (C=O) groups excluding carboxylic acids is 1. The Hall–Kier alpha value is -3.47. The van der Waals surface area contributed by atoms with Gasteiger partial charge in [0.1, 0.15) is 11.5 Å². The first-order valence-electron chi connectivity index (χ1n) is 9.00. The van der Waals surface area contributed by atoms with Crippen LogP contribution in [-0.4, -0.2) is 32.1 Å². The lowest BCUT2D eigenvalue weighted by Crippen LogP contribution is -2.27. The zero-order valence-corrected chi connectivity index (χ0v) is 16.3. The number of nitrogens with zero attached hydrogens (tertiary/aromatic N) is 1. The van der Waals surface area contributed by atoms with Gasteiger partial charge in [-0.25, -0.2) is 0 Å². The predicted octanol–water partition coefficient (Wildman–Crippen LogP) is 4.72. The molecule has 0 saturated carbocycles. The number of carbonyl (C=O) groups is 1. The number of ether oxygens (including phenoxy) is 2. The molecule has 0 atom stereocenters. The molecular weight excluding hydrogens is 352 g/mol. The van der Waals surface area contributed by atoms with Crippen molar-refractivity contribution < 1.29 is 14.3 Å². The van der Waals surface area contributed by atoms with Crippen LogP contribution >= 0.6 is 0 Å². The summed E-state index contributed by atoms with van der Waals surface area (Å²) in [7, 11) is 5.01. The van der Waals surface area contributed by atoms with Crippen LogP contribution < -0.4 is 14.8 Å². The molecule has 0 aromatic heterocycles. The fourth-order valence-electron chi connectivity index (χ4n) is 2.97. The third-order valence-electron chi connectivity index (χ3n) is 4.46. The molecule has 0 aliphatic carbocycles. The molecule has 0 spiro atoms. The molecule has 144 valence electrons. The van der Waals surface area contributed by atoms with Crippen molar-refractivity contribution in [3.63, 3.8) is 0 Å². The third kappa shape index (κ3) is 4.43. The Bertz CT molecular complexity index is 942. The van der Waals surface area contributed by atoms with Gasteiger partial charge in [-0.3, -0.25) is 4.79 Å². The van der Waals surface area contributed by atoms with Crippen LogP contribution in [0.5, 0.6) is 11.5 Å². The van der Waals surface area contributed by atoms with Gasteiger partial charge in [-0.2, -0.15) is 0 Å². The van der Waals surface area contributed by atoms with E-state index in [1.165, 1.54) is 0 Å². The average molecular weight is 376 g/mol. The van der Waals surface area contributed by atoms with E-state index in [1.807, 2.05) is 72.8 Å². The number of rotatable bonds is 7. The van der Waals surface area contributed by atoms with Gasteiger partial charge in [0, 0.05) is 30.9 Å². The normalized spacial score (nSPS) is 10.2. The number of methoxy groups -OCH3 is 2. The van der Waals surface area contributed by atoms with Gasteiger partial charge in [0.05, 0.1) is 25.5 Å². The molecule has 1 N–H and O–H groups in total. The molecule has 5 nitrogen and oxygen atoms in total. The van der Waals surface area contributed by atoms with E-state index in [-0.39, 0.29) is 5.91 Å². The SMILES string of the molecule is COc1ccc(CN(C)C(=O)c2ccccc2Nc2ccccc2)c(OC)c1. The molecule has 0 aliphatic rings. The smallest absolute Gasteiger partial charge is 0.256 e. The minimum Gasteiger partial charge on any atom is -0.497 e. The number of para-hydroxylation sites is 2. The van der Waals surface area contributed by atoms with Crippen LogP contribution in [0.15, 0.2) is 72.8 Å². The molecule has 0 aliphatic heterocycles. The molecule has 3 aromatic rings. The van der Waals surface area contributed by atoms with E-state index in [9.17, 15) is 4.79 Å². The van der Waals surface area contributed by atoms with Crippen LogP contribution in [0.25, 0.3) is 0 Å². The molecule has 0 heterocycles. The summed E-state index contributed by atoms with van der Waals surface area (Å²) in [4.78, 5) is 14.8. The van der Waals surface area contributed by atoms with Crippen LogP contribution in [-0.2, 0) is 6.54 Å². The molecule has 5 heteroatoms. The first-order chi connectivity index (χ1) is 13.6. The summed E-state index contributed by atoms with van der Waals surface area (Å²) in [6, 6.07) is 22.9. The van der Waals surface area contributed by atoms with Gasteiger partial charge >= 0.3 is 0 Å². The van der Waals surface area contributed by atoms with Crippen molar-refractivity contribution in [1.29, 1.82) is 0 Å². The number of amides is 1. The van der Waals surface area contributed by atoms with Gasteiger partial charge in [0.2, 0.25) is 0 Å². The minimum atomic E-state index is -0.0723. The predicted molar refractivity (Wildman–Crippen MR) is 112 cm³/mol. The van der Waals surface area contributed by atoms with Gasteiger partial charge in [-0.05, 0) is 36.4 Å². The van der Waals surface area contributed by atoms with Crippen molar-refractivity contribution in [2.75, 3.05) is 26.6 Å². The zero-order valence-electron chi connectivity index (χ0n) is 16.3. The van der Waals surface area contributed by atoms with Crippen LogP contribution in [0.1, 0.15) is 15.9 Å². The van der Waals surface area contributed by atoms with Gasteiger partial charge in [-0.15, -0.1) is 0 Å². The van der Waals surface area contributed by atoms with E-state index in [0.717, 1.165) is 16.9 Å². The fourth-order valence-corrected chi connectivity index (χ4v) is 2.97. The standard InChI is InChI=1S/C23H24N2O3/c1-25(16-17-13-14-19(27-2)15-22(17)28-3)23(26)20-11-7-8-12-21(20)24-18-9-5-4-6-10-18/h4-15,24H,16H2,1-3H3. The molecule has 0 bridgehead atoms. The number of benzene rings is 3. The molecule has 3 aromatic carbocycles. The fraction of sp³-hybridized carbons (Fsp3) is 0.174. The van der Waals surface area contributed by atoms with Crippen LogP contribution in [0.3, 0.4) is 0 Å².